The average molecular weight is 455 g/mol. The van der Waals surface area contributed by atoms with E-state index in [2.05, 4.69) is 13.0 Å². The number of nitriles is 1. The fourth-order valence-corrected chi connectivity index (χ4v) is 3.97. The van der Waals surface area contributed by atoms with Gasteiger partial charge in [0.15, 0.2) is 6.61 Å². The normalized spacial score (nSPS) is 14.6. The summed E-state index contributed by atoms with van der Waals surface area (Å²) in [6, 6.07) is 21.0. The number of carbonyl (C=O) groups excluding carboxylic acids is 1. The third-order valence-corrected chi connectivity index (χ3v) is 6.04. The third-order valence-electron chi connectivity index (χ3n) is 6.04. The zero-order chi connectivity index (χ0) is 24.2. The Morgan fingerprint density at radius 2 is 1.88 bits per heavy atom. The lowest BCUT2D eigenvalue weighted by molar-refractivity contribution is -0.136. The molecular formula is C28H26N2O4. The van der Waals surface area contributed by atoms with Gasteiger partial charge in [0.25, 0.3) is 0 Å². The standard InChI is InChI=1S/C28H26N2O4/c1-4-19-8-10-20(11-9-19)27-22-13-12-21(14-25(22)34-28(30)23(27)15-29)33-26(31)16-32-24-7-5-6-17(2)18(24)3/h5-14,27H,4,16,30H2,1-3H3. The molecule has 4 rings (SSSR count). The molecule has 0 bridgehead atoms. The molecule has 0 radical (unpaired) electrons. The fourth-order valence-electron chi connectivity index (χ4n) is 3.97. The summed E-state index contributed by atoms with van der Waals surface area (Å²) in [7, 11) is 0. The molecule has 1 atom stereocenters. The van der Waals surface area contributed by atoms with Crippen molar-refractivity contribution < 1.29 is 19.0 Å². The Bertz CT molecular complexity index is 1300. The molecule has 3 aromatic rings. The molecule has 1 aliphatic heterocycles. The minimum atomic E-state index is -0.537. The molecule has 172 valence electrons. The smallest absolute Gasteiger partial charge is 0.349 e. The van der Waals surface area contributed by atoms with Gasteiger partial charge in [-0.1, -0.05) is 49.4 Å². The maximum atomic E-state index is 12.4. The van der Waals surface area contributed by atoms with Crippen LogP contribution in [-0.2, 0) is 11.2 Å². The Morgan fingerprint density at radius 1 is 1.12 bits per heavy atom. The number of hydrogen-bond donors (Lipinski definition) is 1. The van der Waals surface area contributed by atoms with Gasteiger partial charge in [-0.3, -0.25) is 0 Å². The van der Waals surface area contributed by atoms with E-state index in [9.17, 15) is 10.1 Å². The van der Waals surface area contributed by atoms with Gasteiger partial charge in [-0.15, -0.1) is 0 Å². The van der Waals surface area contributed by atoms with E-state index in [1.807, 2.05) is 56.3 Å². The highest BCUT2D eigenvalue weighted by Crippen LogP contribution is 2.43. The molecule has 0 fully saturated rings. The second kappa shape index (κ2) is 9.72. The van der Waals surface area contributed by atoms with Crippen molar-refractivity contribution in [3.05, 3.63) is 99.9 Å². The summed E-state index contributed by atoms with van der Waals surface area (Å²) in [5.74, 6) is 0.538. The quantitative estimate of drug-likeness (QED) is 0.413. The van der Waals surface area contributed by atoms with Gasteiger partial charge in [0.2, 0.25) is 5.88 Å². The monoisotopic (exact) mass is 454 g/mol. The molecule has 0 spiro atoms. The summed E-state index contributed by atoms with van der Waals surface area (Å²) in [6.45, 7) is 5.79. The van der Waals surface area contributed by atoms with Gasteiger partial charge in [-0.05, 0) is 54.7 Å². The summed E-state index contributed by atoms with van der Waals surface area (Å²) in [5, 5.41) is 9.73. The van der Waals surface area contributed by atoms with Gasteiger partial charge < -0.3 is 19.9 Å². The summed E-state index contributed by atoms with van der Waals surface area (Å²) >= 11 is 0. The van der Waals surface area contributed by atoms with Crippen LogP contribution in [0.25, 0.3) is 0 Å². The Kier molecular flexibility index (Phi) is 6.55. The van der Waals surface area contributed by atoms with Gasteiger partial charge in [-0.25, -0.2) is 4.79 Å². The Morgan fingerprint density at radius 3 is 2.59 bits per heavy atom. The number of esters is 1. The average Bonchev–Trinajstić information content (AvgIpc) is 2.84. The van der Waals surface area contributed by atoms with Crippen LogP contribution in [0.4, 0.5) is 0 Å². The van der Waals surface area contributed by atoms with Crippen LogP contribution in [0.5, 0.6) is 17.2 Å². The number of nitrogens with two attached hydrogens (primary N) is 1. The summed E-state index contributed by atoms with van der Waals surface area (Å²) in [4.78, 5) is 12.4. The molecule has 6 nitrogen and oxygen atoms in total. The zero-order valence-corrected chi connectivity index (χ0v) is 19.4. The van der Waals surface area contributed by atoms with E-state index in [1.54, 1.807) is 18.2 Å². The maximum Gasteiger partial charge on any atom is 0.349 e. The fraction of sp³-hybridized carbons (Fsp3) is 0.214. The van der Waals surface area contributed by atoms with E-state index in [4.69, 9.17) is 19.9 Å². The van der Waals surface area contributed by atoms with Gasteiger partial charge in [-0.2, -0.15) is 5.26 Å². The van der Waals surface area contributed by atoms with Gasteiger partial charge in [0.05, 0.1) is 5.92 Å². The van der Waals surface area contributed by atoms with Crippen molar-refractivity contribution in [2.24, 2.45) is 5.73 Å². The minimum absolute atomic E-state index is 0.0429. The van der Waals surface area contributed by atoms with Gasteiger partial charge >= 0.3 is 5.97 Å². The molecule has 0 saturated carbocycles. The molecule has 6 heteroatoms. The lowest BCUT2D eigenvalue weighted by Gasteiger charge is -2.26. The highest BCUT2D eigenvalue weighted by Gasteiger charge is 2.31. The van der Waals surface area contributed by atoms with Crippen LogP contribution in [0.1, 0.15) is 40.7 Å². The lowest BCUT2D eigenvalue weighted by Crippen LogP contribution is -2.21. The largest absolute Gasteiger partial charge is 0.482 e. The van der Waals surface area contributed by atoms with E-state index in [0.717, 1.165) is 28.7 Å². The number of nitrogens with zero attached hydrogens (tertiary/aromatic N) is 1. The first-order valence-corrected chi connectivity index (χ1v) is 11.1. The van der Waals surface area contributed by atoms with Crippen LogP contribution in [0, 0.1) is 25.2 Å². The van der Waals surface area contributed by atoms with E-state index < -0.39 is 5.97 Å². The number of rotatable bonds is 6. The van der Waals surface area contributed by atoms with Crippen LogP contribution >= 0.6 is 0 Å². The predicted octanol–water partition coefficient (Wildman–Crippen LogP) is 5.07. The molecule has 1 aliphatic rings. The van der Waals surface area contributed by atoms with Crippen molar-refractivity contribution in [2.75, 3.05) is 6.61 Å². The summed E-state index contributed by atoms with van der Waals surface area (Å²) < 4.78 is 16.8. The van der Waals surface area contributed by atoms with Crippen LogP contribution in [0.15, 0.2) is 72.1 Å². The second-order valence-corrected chi connectivity index (χ2v) is 8.18. The second-order valence-electron chi connectivity index (χ2n) is 8.18. The molecule has 3 aromatic carbocycles. The number of carbonyl (C=O) groups is 1. The molecule has 1 heterocycles. The highest BCUT2D eigenvalue weighted by atomic mass is 16.6. The number of allylic oxidation sites excluding steroid dienone is 1. The number of benzene rings is 3. The first kappa shape index (κ1) is 22.9. The number of hydrogen-bond acceptors (Lipinski definition) is 6. The summed E-state index contributed by atoms with van der Waals surface area (Å²) in [5.41, 5.74) is 11.4. The van der Waals surface area contributed by atoms with Crippen molar-refractivity contribution in [2.45, 2.75) is 33.1 Å². The van der Waals surface area contributed by atoms with E-state index in [-0.39, 0.29) is 18.4 Å². The molecule has 1 unspecified atom stereocenters. The topological polar surface area (TPSA) is 94.6 Å². The van der Waals surface area contributed by atoms with E-state index in [1.165, 1.54) is 5.56 Å². The highest BCUT2D eigenvalue weighted by molar-refractivity contribution is 5.74. The molecular weight excluding hydrogens is 428 g/mol. The molecule has 0 amide bonds. The van der Waals surface area contributed by atoms with E-state index in [0.29, 0.717) is 22.8 Å². The molecule has 0 saturated heterocycles. The first-order valence-electron chi connectivity index (χ1n) is 11.1. The maximum absolute atomic E-state index is 12.4. The minimum Gasteiger partial charge on any atom is -0.482 e. The molecule has 0 aliphatic carbocycles. The van der Waals surface area contributed by atoms with Crippen LogP contribution in [0.3, 0.4) is 0 Å². The molecule has 34 heavy (non-hydrogen) atoms. The number of aryl methyl sites for hydroxylation is 2. The van der Waals surface area contributed by atoms with Gasteiger partial charge in [0.1, 0.15) is 28.9 Å². The summed E-state index contributed by atoms with van der Waals surface area (Å²) in [6.07, 6.45) is 0.926. The van der Waals surface area contributed by atoms with E-state index >= 15 is 0 Å². The first-order chi connectivity index (χ1) is 16.4. The Hall–Kier alpha value is -4.24. The van der Waals surface area contributed by atoms with Crippen LogP contribution in [0.2, 0.25) is 0 Å². The van der Waals surface area contributed by atoms with Crippen LogP contribution < -0.4 is 19.9 Å². The number of fused-ring (bicyclic) bond motifs is 1. The van der Waals surface area contributed by atoms with Crippen molar-refractivity contribution in [3.8, 4) is 23.3 Å². The van der Waals surface area contributed by atoms with Crippen LogP contribution in [-0.4, -0.2) is 12.6 Å². The van der Waals surface area contributed by atoms with Crippen molar-refractivity contribution in [1.29, 1.82) is 5.26 Å². The van der Waals surface area contributed by atoms with Gasteiger partial charge in [0, 0.05) is 11.6 Å². The predicted molar refractivity (Wildman–Crippen MR) is 129 cm³/mol. The van der Waals surface area contributed by atoms with Crippen molar-refractivity contribution in [3.63, 3.8) is 0 Å². The van der Waals surface area contributed by atoms with Crippen molar-refractivity contribution in [1.82, 2.24) is 0 Å². The SMILES string of the molecule is CCc1ccc(C2C(C#N)=C(N)Oc3cc(OC(=O)COc4cccc(C)c4C)ccc32)cc1. The molecule has 0 aromatic heterocycles. The van der Waals surface area contributed by atoms with Crippen molar-refractivity contribution >= 4 is 5.97 Å². The zero-order valence-electron chi connectivity index (χ0n) is 19.4. The Balaban J connectivity index is 1.54. The Labute approximate surface area is 199 Å². The lowest BCUT2D eigenvalue weighted by atomic mass is 9.83. The third kappa shape index (κ3) is 4.60. The number of ether oxygens (including phenoxy) is 3. The molecule has 2 N–H and O–H groups in total.